The quantitative estimate of drug-likeness (QED) is 0.467. The van der Waals surface area contributed by atoms with Crippen molar-refractivity contribution in [2.24, 2.45) is 45.3 Å². The Bertz CT molecular complexity index is 865. The minimum absolute atomic E-state index is 0.0406. The maximum absolute atomic E-state index is 13.5. The molecular formula is C32H50N2O2. The van der Waals surface area contributed by atoms with Crippen LogP contribution in [0.3, 0.4) is 0 Å². The molecule has 0 saturated heterocycles. The Balaban J connectivity index is 0.965. The summed E-state index contributed by atoms with van der Waals surface area (Å²) < 4.78 is 0. The van der Waals surface area contributed by atoms with Gasteiger partial charge < -0.3 is 10.6 Å². The Morgan fingerprint density at radius 3 is 1.08 bits per heavy atom. The van der Waals surface area contributed by atoms with Gasteiger partial charge in [0.05, 0.1) is 0 Å². The number of hydrogen-bond acceptors (Lipinski definition) is 2. The summed E-state index contributed by atoms with van der Waals surface area (Å²) in [6, 6.07) is 0. The molecule has 2 N–H and O–H groups in total. The van der Waals surface area contributed by atoms with Crippen LogP contribution in [0.4, 0.5) is 0 Å². The Morgan fingerprint density at radius 1 is 0.500 bits per heavy atom. The fourth-order valence-corrected chi connectivity index (χ4v) is 13.5. The molecule has 4 nitrogen and oxygen atoms in total. The van der Waals surface area contributed by atoms with E-state index < -0.39 is 0 Å². The topological polar surface area (TPSA) is 58.2 Å². The number of nitrogens with one attached hydrogen (secondary N) is 2. The van der Waals surface area contributed by atoms with Crippen LogP contribution < -0.4 is 10.6 Å². The molecular weight excluding hydrogens is 444 g/mol. The molecule has 4 heteroatoms. The lowest BCUT2D eigenvalue weighted by Crippen LogP contribution is -2.66. The van der Waals surface area contributed by atoms with Gasteiger partial charge in [-0.3, -0.25) is 9.59 Å². The first-order valence-electron chi connectivity index (χ1n) is 15.4. The van der Waals surface area contributed by atoms with Crippen LogP contribution in [0.2, 0.25) is 0 Å². The smallest absolute Gasteiger partial charge is 0.223 e. The van der Waals surface area contributed by atoms with Crippen molar-refractivity contribution in [1.29, 1.82) is 0 Å². The molecule has 0 radical (unpaired) electrons. The van der Waals surface area contributed by atoms with Crippen molar-refractivity contribution < 1.29 is 9.59 Å². The second-order valence-corrected chi connectivity index (χ2v) is 17.3. The highest BCUT2D eigenvalue weighted by atomic mass is 16.2. The standard InChI is InChI=1S/C32H50N2O2/c1-27-9-21-10-28(2,15-27)18-31(13-21,17-27)33-25(35)23-5-7-24(8-6-23)26(36)34-32-14-22-11-29(3,19-32)16-30(4,12-22)20-32/h21-24H,5-20H2,1-4H3,(H,33,35)(H,34,36). The molecule has 9 rings (SSSR count). The second-order valence-electron chi connectivity index (χ2n) is 17.3. The Morgan fingerprint density at radius 2 is 0.806 bits per heavy atom. The van der Waals surface area contributed by atoms with Crippen molar-refractivity contribution in [3.8, 4) is 0 Å². The van der Waals surface area contributed by atoms with Gasteiger partial charge in [-0.05, 0) is 136 Å². The van der Waals surface area contributed by atoms with Crippen molar-refractivity contribution in [3.05, 3.63) is 0 Å². The minimum Gasteiger partial charge on any atom is -0.350 e. The van der Waals surface area contributed by atoms with E-state index in [1.807, 2.05) is 0 Å². The molecule has 8 bridgehead atoms. The zero-order valence-electron chi connectivity index (χ0n) is 23.4. The molecule has 0 aromatic carbocycles. The maximum atomic E-state index is 13.5. The lowest BCUT2D eigenvalue weighted by Gasteiger charge is -2.65. The van der Waals surface area contributed by atoms with Crippen LogP contribution >= 0.6 is 0 Å². The molecule has 0 aromatic rings. The summed E-state index contributed by atoms with van der Waals surface area (Å²) in [5.74, 6) is 2.38. The maximum Gasteiger partial charge on any atom is 0.223 e. The average molecular weight is 495 g/mol. The Hall–Kier alpha value is -1.06. The van der Waals surface area contributed by atoms with E-state index in [9.17, 15) is 9.59 Å². The first-order chi connectivity index (χ1) is 16.8. The molecule has 9 fully saturated rings. The van der Waals surface area contributed by atoms with E-state index in [0.717, 1.165) is 37.5 Å². The van der Waals surface area contributed by atoms with E-state index in [-0.39, 0.29) is 22.9 Å². The molecule has 4 unspecified atom stereocenters. The number of amides is 2. The number of carbonyl (C=O) groups is 2. The highest BCUT2D eigenvalue weighted by Crippen LogP contribution is 2.67. The van der Waals surface area contributed by atoms with Gasteiger partial charge in [0.2, 0.25) is 11.8 Å². The first kappa shape index (κ1) is 24.0. The van der Waals surface area contributed by atoms with Crippen LogP contribution in [0.1, 0.15) is 130 Å². The monoisotopic (exact) mass is 494 g/mol. The number of carbonyl (C=O) groups excluding carboxylic acids is 2. The van der Waals surface area contributed by atoms with E-state index in [1.54, 1.807) is 0 Å². The van der Waals surface area contributed by atoms with Gasteiger partial charge >= 0.3 is 0 Å². The van der Waals surface area contributed by atoms with E-state index in [2.05, 4.69) is 38.3 Å². The molecule has 9 saturated carbocycles. The Labute approximate surface area is 218 Å². The molecule has 2 amide bonds. The minimum atomic E-state index is 0.0406. The third-order valence-electron chi connectivity index (χ3n) is 12.5. The lowest BCUT2D eigenvalue weighted by molar-refractivity contribution is -0.147. The van der Waals surface area contributed by atoms with Crippen molar-refractivity contribution in [1.82, 2.24) is 10.6 Å². The van der Waals surface area contributed by atoms with Crippen LogP contribution in [0.5, 0.6) is 0 Å². The third-order valence-corrected chi connectivity index (χ3v) is 12.5. The van der Waals surface area contributed by atoms with Gasteiger partial charge in [0, 0.05) is 22.9 Å². The van der Waals surface area contributed by atoms with Crippen LogP contribution in [-0.2, 0) is 9.59 Å². The zero-order valence-corrected chi connectivity index (χ0v) is 23.4. The van der Waals surface area contributed by atoms with Crippen LogP contribution in [0.15, 0.2) is 0 Å². The van der Waals surface area contributed by atoms with Crippen LogP contribution in [-0.4, -0.2) is 22.9 Å². The van der Waals surface area contributed by atoms with Gasteiger partial charge in [0.15, 0.2) is 0 Å². The largest absolute Gasteiger partial charge is 0.350 e. The highest BCUT2D eigenvalue weighted by Gasteiger charge is 2.62. The van der Waals surface area contributed by atoms with Crippen molar-refractivity contribution in [3.63, 3.8) is 0 Å². The molecule has 9 aliphatic rings. The molecule has 0 aromatic heterocycles. The predicted molar refractivity (Wildman–Crippen MR) is 142 cm³/mol. The zero-order chi connectivity index (χ0) is 25.2. The molecule has 4 atom stereocenters. The van der Waals surface area contributed by atoms with Gasteiger partial charge in [-0.2, -0.15) is 0 Å². The van der Waals surface area contributed by atoms with Gasteiger partial charge in [0.25, 0.3) is 0 Å². The van der Waals surface area contributed by atoms with E-state index in [0.29, 0.717) is 33.5 Å². The van der Waals surface area contributed by atoms with Gasteiger partial charge in [-0.15, -0.1) is 0 Å². The van der Waals surface area contributed by atoms with Gasteiger partial charge in [-0.25, -0.2) is 0 Å². The average Bonchev–Trinajstić information content (AvgIpc) is 2.67. The molecule has 36 heavy (non-hydrogen) atoms. The van der Waals surface area contributed by atoms with E-state index >= 15 is 0 Å². The molecule has 200 valence electrons. The highest BCUT2D eigenvalue weighted by molar-refractivity contribution is 5.82. The van der Waals surface area contributed by atoms with Crippen LogP contribution in [0, 0.1) is 45.3 Å². The summed E-state index contributed by atoms with van der Waals surface area (Å²) in [6.45, 7) is 9.91. The number of hydrogen-bond donors (Lipinski definition) is 2. The summed E-state index contributed by atoms with van der Waals surface area (Å²) in [4.78, 5) is 27.1. The molecule has 9 aliphatic carbocycles. The summed E-state index contributed by atoms with van der Waals surface area (Å²) in [5, 5.41) is 7.32. The molecule has 0 aliphatic heterocycles. The van der Waals surface area contributed by atoms with E-state index in [1.165, 1.54) is 77.0 Å². The summed E-state index contributed by atoms with van der Waals surface area (Å²) in [5.41, 5.74) is 1.76. The molecule has 0 spiro atoms. The third kappa shape index (κ3) is 3.89. The van der Waals surface area contributed by atoms with Gasteiger partial charge in [-0.1, -0.05) is 27.7 Å². The fourth-order valence-electron chi connectivity index (χ4n) is 13.5. The summed E-state index contributed by atoms with van der Waals surface area (Å²) >= 11 is 0. The predicted octanol–water partition coefficient (Wildman–Crippen LogP) is 6.52. The fraction of sp³-hybridized carbons (Fsp3) is 0.938. The lowest BCUT2D eigenvalue weighted by atomic mass is 9.42. The van der Waals surface area contributed by atoms with Crippen molar-refractivity contribution in [2.75, 3.05) is 0 Å². The summed E-state index contributed by atoms with van der Waals surface area (Å²) in [7, 11) is 0. The second kappa shape index (κ2) is 7.32. The van der Waals surface area contributed by atoms with Gasteiger partial charge in [0.1, 0.15) is 0 Å². The van der Waals surface area contributed by atoms with Crippen molar-refractivity contribution >= 4 is 11.8 Å². The summed E-state index contributed by atoms with van der Waals surface area (Å²) in [6.07, 6.45) is 18.7. The first-order valence-corrected chi connectivity index (χ1v) is 15.4. The normalized spacial score (nSPS) is 56.6. The Kier molecular flexibility index (Phi) is 4.88. The SMILES string of the molecule is CC12CC3CC(C)(C1)CC(NC(=O)C1CCC(C(=O)NC45CC6CC(C)(CC(C)(C6)C4)C5)CC1)(C3)C2. The molecule has 0 heterocycles. The van der Waals surface area contributed by atoms with E-state index in [4.69, 9.17) is 0 Å². The van der Waals surface area contributed by atoms with Crippen molar-refractivity contribution in [2.45, 2.75) is 142 Å². The van der Waals surface area contributed by atoms with Crippen LogP contribution in [0.25, 0.3) is 0 Å². The number of rotatable bonds is 4.